The van der Waals surface area contributed by atoms with Gasteiger partial charge in [0.15, 0.2) is 11.3 Å². The van der Waals surface area contributed by atoms with Crippen molar-refractivity contribution in [2.75, 3.05) is 5.73 Å². The molecule has 12 heteroatoms. The van der Waals surface area contributed by atoms with Gasteiger partial charge in [-0.3, -0.25) is 4.55 Å². The highest BCUT2D eigenvalue weighted by Crippen LogP contribution is 2.36. The number of hydrogen-bond acceptors (Lipinski definition) is 8. The summed E-state index contributed by atoms with van der Waals surface area (Å²) in [6.07, 6.45) is 0. The number of benzene rings is 1. The Bertz CT molecular complexity index is 1300. The number of carbonyl (C=O) groups is 1. The number of carboxylic acids is 1. The van der Waals surface area contributed by atoms with Crippen LogP contribution in [0.15, 0.2) is 39.4 Å². The van der Waals surface area contributed by atoms with E-state index in [1.54, 1.807) is 13.0 Å². The van der Waals surface area contributed by atoms with Crippen LogP contribution < -0.4 is 5.73 Å². The second kappa shape index (κ2) is 7.15. The van der Waals surface area contributed by atoms with Gasteiger partial charge in [0, 0.05) is 17.2 Å². The number of nitrogen functional groups attached to an aromatic ring is 1. The maximum atomic E-state index is 11.6. The Hall–Kier alpha value is -3.38. The van der Waals surface area contributed by atoms with Crippen LogP contribution >= 0.6 is 0 Å². The number of aryl methyl sites for hydroxylation is 1. The third-order valence-corrected chi connectivity index (χ3v) is 5.03. The summed E-state index contributed by atoms with van der Waals surface area (Å²) in [4.78, 5) is 15.4. The normalized spacial score (nSPS) is 12.7. The molecule has 0 aliphatic heterocycles. The molecule has 0 atom stereocenters. The molecule has 0 unspecified atom stereocenters. The summed E-state index contributed by atoms with van der Waals surface area (Å²) < 4.78 is 33.2. The molecule has 0 amide bonds. The minimum absolute atomic E-state index is 0.102. The fourth-order valence-electron chi connectivity index (χ4n) is 2.79. The molecule has 0 saturated heterocycles. The van der Waals surface area contributed by atoms with E-state index in [0.717, 1.165) is 18.2 Å². The average molecular weight is 432 g/mol. The molecule has 0 aliphatic rings. The zero-order valence-electron chi connectivity index (χ0n) is 16.7. The SMILES string of the molecule is Cc1cc(N)n2nc(C(C)(C)C)c(N=Nc3ccc(S(=O)(=O)O)cc3C(=O)O)c2n1. The van der Waals surface area contributed by atoms with Gasteiger partial charge in [-0.25, -0.2) is 9.78 Å². The second-order valence-corrected chi connectivity index (χ2v) is 9.09. The number of hydrogen-bond donors (Lipinski definition) is 3. The zero-order valence-corrected chi connectivity index (χ0v) is 17.5. The van der Waals surface area contributed by atoms with Gasteiger partial charge >= 0.3 is 5.97 Å². The molecular weight excluding hydrogens is 412 g/mol. The second-order valence-electron chi connectivity index (χ2n) is 7.66. The Morgan fingerprint density at radius 3 is 2.43 bits per heavy atom. The first-order valence-electron chi connectivity index (χ1n) is 8.72. The van der Waals surface area contributed by atoms with Crippen LogP contribution in [0.2, 0.25) is 0 Å². The van der Waals surface area contributed by atoms with E-state index in [1.165, 1.54) is 4.52 Å². The number of aromatic nitrogens is 3. The molecule has 2 heterocycles. The number of rotatable bonds is 4. The lowest BCUT2D eigenvalue weighted by Gasteiger charge is -2.15. The minimum atomic E-state index is -4.57. The van der Waals surface area contributed by atoms with Crippen molar-refractivity contribution in [1.29, 1.82) is 0 Å². The fourth-order valence-corrected chi connectivity index (χ4v) is 3.30. The summed E-state index contributed by atoms with van der Waals surface area (Å²) in [5, 5.41) is 22.1. The van der Waals surface area contributed by atoms with Gasteiger partial charge in [-0.05, 0) is 25.1 Å². The number of nitrogens with two attached hydrogens (primary N) is 1. The van der Waals surface area contributed by atoms with Gasteiger partial charge < -0.3 is 10.8 Å². The quantitative estimate of drug-likeness (QED) is 0.416. The summed E-state index contributed by atoms with van der Waals surface area (Å²) >= 11 is 0. The third-order valence-electron chi connectivity index (χ3n) is 4.18. The van der Waals surface area contributed by atoms with Crippen molar-refractivity contribution in [2.24, 2.45) is 10.2 Å². The van der Waals surface area contributed by atoms with Gasteiger partial charge in [0.1, 0.15) is 11.5 Å². The Kier molecular flexibility index (Phi) is 5.08. The molecule has 0 aliphatic carbocycles. The van der Waals surface area contributed by atoms with Crippen molar-refractivity contribution < 1.29 is 22.9 Å². The van der Waals surface area contributed by atoms with Crippen LogP contribution in [0.25, 0.3) is 5.65 Å². The maximum absolute atomic E-state index is 11.6. The molecule has 0 bridgehead atoms. The van der Waals surface area contributed by atoms with E-state index < -0.39 is 32.0 Å². The van der Waals surface area contributed by atoms with Gasteiger partial charge in [-0.2, -0.15) is 18.0 Å². The summed E-state index contributed by atoms with van der Waals surface area (Å²) in [7, 11) is -4.57. The standard InChI is InChI=1S/C18H20N6O5S/c1-9-7-13(19)24-16(20-9)14(15(23-24)18(2,3)4)22-21-12-6-5-10(30(27,28)29)8-11(12)17(25)26/h5-8H,19H2,1-4H3,(H,25,26)(H,27,28,29). The van der Waals surface area contributed by atoms with Crippen LogP contribution in [0.1, 0.15) is 42.5 Å². The third kappa shape index (κ3) is 4.00. The van der Waals surface area contributed by atoms with Crippen molar-refractivity contribution in [1.82, 2.24) is 14.6 Å². The lowest BCUT2D eigenvalue weighted by atomic mass is 9.91. The van der Waals surface area contributed by atoms with E-state index >= 15 is 0 Å². The Morgan fingerprint density at radius 2 is 1.87 bits per heavy atom. The summed E-state index contributed by atoms with van der Waals surface area (Å²) in [6.45, 7) is 7.51. The molecule has 0 spiro atoms. The summed E-state index contributed by atoms with van der Waals surface area (Å²) in [5.74, 6) is -1.07. The van der Waals surface area contributed by atoms with Crippen molar-refractivity contribution >= 4 is 38.9 Å². The smallest absolute Gasteiger partial charge is 0.338 e. The molecule has 1 aromatic carbocycles. The number of fused-ring (bicyclic) bond motifs is 1. The Balaban J connectivity index is 2.23. The van der Waals surface area contributed by atoms with Crippen LogP contribution in [0.4, 0.5) is 17.2 Å². The van der Waals surface area contributed by atoms with Gasteiger partial charge in [0.25, 0.3) is 10.1 Å². The predicted octanol–water partition coefficient (Wildman–Crippen LogP) is 3.28. The van der Waals surface area contributed by atoms with Crippen molar-refractivity contribution in [3.8, 4) is 0 Å². The van der Waals surface area contributed by atoms with E-state index in [9.17, 15) is 18.3 Å². The topological polar surface area (TPSA) is 173 Å². The van der Waals surface area contributed by atoms with Gasteiger partial charge in [0.05, 0.1) is 16.2 Å². The molecule has 2 aromatic heterocycles. The molecule has 3 aromatic rings. The Morgan fingerprint density at radius 1 is 1.20 bits per heavy atom. The van der Waals surface area contributed by atoms with Gasteiger partial charge in [0.2, 0.25) is 0 Å². The highest BCUT2D eigenvalue weighted by Gasteiger charge is 2.26. The molecule has 3 rings (SSSR count). The van der Waals surface area contributed by atoms with E-state index in [-0.39, 0.29) is 5.69 Å². The number of nitrogens with zero attached hydrogens (tertiary/aromatic N) is 5. The van der Waals surface area contributed by atoms with E-state index in [1.807, 2.05) is 20.8 Å². The first-order chi connectivity index (χ1) is 13.8. The van der Waals surface area contributed by atoms with Crippen LogP contribution in [-0.4, -0.2) is 38.6 Å². The van der Waals surface area contributed by atoms with Crippen LogP contribution in [-0.2, 0) is 15.5 Å². The molecule has 0 radical (unpaired) electrons. The minimum Gasteiger partial charge on any atom is -0.478 e. The molecular formula is C18H20N6O5S. The molecule has 158 valence electrons. The molecule has 11 nitrogen and oxygen atoms in total. The lowest BCUT2D eigenvalue weighted by Crippen LogP contribution is -2.12. The van der Waals surface area contributed by atoms with Crippen LogP contribution in [0.3, 0.4) is 0 Å². The molecule has 4 N–H and O–H groups in total. The molecule has 0 saturated carbocycles. The predicted molar refractivity (Wildman–Crippen MR) is 108 cm³/mol. The Labute approximate surface area is 172 Å². The monoisotopic (exact) mass is 432 g/mol. The fraction of sp³-hybridized carbons (Fsp3) is 0.278. The highest BCUT2D eigenvalue weighted by atomic mass is 32.2. The van der Waals surface area contributed by atoms with Crippen LogP contribution in [0, 0.1) is 6.92 Å². The van der Waals surface area contributed by atoms with Gasteiger partial charge in [-0.1, -0.05) is 20.8 Å². The largest absolute Gasteiger partial charge is 0.478 e. The first-order valence-corrected chi connectivity index (χ1v) is 10.2. The van der Waals surface area contributed by atoms with E-state index in [2.05, 4.69) is 20.3 Å². The maximum Gasteiger partial charge on any atom is 0.338 e. The summed E-state index contributed by atoms with van der Waals surface area (Å²) in [5.41, 5.74) is 6.90. The first kappa shape index (κ1) is 21.3. The van der Waals surface area contributed by atoms with Crippen molar-refractivity contribution in [3.63, 3.8) is 0 Å². The van der Waals surface area contributed by atoms with E-state index in [4.69, 9.17) is 10.3 Å². The zero-order chi connectivity index (χ0) is 22.4. The number of azo groups is 1. The van der Waals surface area contributed by atoms with Gasteiger partial charge in [-0.15, -0.1) is 10.2 Å². The molecule has 0 fully saturated rings. The number of carboxylic acid groups (broad SMARTS) is 1. The lowest BCUT2D eigenvalue weighted by molar-refractivity contribution is 0.0697. The number of anilines is 1. The van der Waals surface area contributed by atoms with Crippen molar-refractivity contribution in [2.45, 2.75) is 38.0 Å². The average Bonchev–Trinajstić information content (AvgIpc) is 2.98. The van der Waals surface area contributed by atoms with Crippen LogP contribution in [0.5, 0.6) is 0 Å². The van der Waals surface area contributed by atoms with Crippen molar-refractivity contribution in [3.05, 3.63) is 41.2 Å². The highest BCUT2D eigenvalue weighted by molar-refractivity contribution is 7.85. The van der Waals surface area contributed by atoms with E-state index in [0.29, 0.717) is 28.5 Å². The number of aromatic carboxylic acids is 1. The summed E-state index contributed by atoms with van der Waals surface area (Å²) in [6, 6.07) is 4.65. The molecule has 30 heavy (non-hydrogen) atoms.